The van der Waals surface area contributed by atoms with Crippen molar-refractivity contribution in [1.29, 1.82) is 0 Å². The minimum Gasteiger partial charge on any atom is -0.396 e. The third-order valence-corrected chi connectivity index (χ3v) is 2.84. The maximum atomic E-state index is 8.93. The minimum atomic E-state index is 0.336. The lowest BCUT2D eigenvalue weighted by atomic mass is 9.92. The van der Waals surface area contributed by atoms with E-state index in [-0.39, 0.29) is 0 Å². The van der Waals surface area contributed by atoms with Gasteiger partial charge in [0.1, 0.15) is 0 Å². The molecule has 1 heterocycles. The molecule has 1 rings (SSSR count). The molecule has 0 spiro atoms. The monoisotopic (exact) mass is 157 g/mol. The normalized spacial score (nSPS) is 34.1. The predicted molar refractivity (Wildman–Crippen MR) is 46.4 cm³/mol. The van der Waals surface area contributed by atoms with Crippen molar-refractivity contribution in [2.45, 2.75) is 32.7 Å². The number of aliphatic hydroxyl groups is 1. The van der Waals surface area contributed by atoms with Crippen molar-refractivity contribution in [2.24, 2.45) is 11.8 Å². The van der Waals surface area contributed by atoms with Crippen LogP contribution in [0.4, 0.5) is 0 Å². The molecule has 1 fully saturated rings. The van der Waals surface area contributed by atoms with Crippen LogP contribution in [0.5, 0.6) is 0 Å². The molecule has 1 aliphatic heterocycles. The summed E-state index contributed by atoms with van der Waals surface area (Å²) < 4.78 is 0. The summed E-state index contributed by atoms with van der Waals surface area (Å²) in [5.74, 6) is 1.17. The van der Waals surface area contributed by atoms with Gasteiger partial charge in [0.25, 0.3) is 0 Å². The fourth-order valence-electron chi connectivity index (χ4n) is 1.74. The minimum absolute atomic E-state index is 0.336. The molecule has 0 amide bonds. The molecule has 0 aromatic rings. The van der Waals surface area contributed by atoms with Gasteiger partial charge in [-0.3, -0.25) is 0 Å². The van der Waals surface area contributed by atoms with Gasteiger partial charge in [-0.25, -0.2) is 0 Å². The highest BCUT2D eigenvalue weighted by Gasteiger charge is 2.26. The lowest BCUT2D eigenvalue weighted by molar-refractivity contribution is 0.194. The Kier molecular flexibility index (Phi) is 3.34. The molecule has 0 aliphatic carbocycles. The Morgan fingerprint density at radius 2 is 2.36 bits per heavy atom. The molecule has 1 aliphatic rings. The molecule has 2 nitrogen and oxygen atoms in total. The Hall–Kier alpha value is -0.0800. The second kappa shape index (κ2) is 4.07. The first-order valence-electron chi connectivity index (χ1n) is 4.62. The number of hydrogen-bond donors (Lipinski definition) is 2. The van der Waals surface area contributed by atoms with E-state index >= 15 is 0 Å². The van der Waals surface area contributed by atoms with Gasteiger partial charge in [0.05, 0.1) is 0 Å². The van der Waals surface area contributed by atoms with E-state index in [1.165, 1.54) is 12.8 Å². The van der Waals surface area contributed by atoms with Gasteiger partial charge in [-0.05, 0) is 31.2 Å². The van der Waals surface area contributed by atoms with Crippen LogP contribution in [0.15, 0.2) is 0 Å². The van der Waals surface area contributed by atoms with E-state index in [4.69, 9.17) is 5.11 Å². The summed E-state index contributed by atoms with van der Waals surface area (Å²) in [6.07, 6.45) is 2.47. The van der Waals surface area contributed by atoms with Gasteiger partial charge in [-0.15, -0.1) is 0 Å². The summed E-state index contributed by atoms with van der Waals surface area (Å²) in [6, 6.07) is 0.703. The van der Waals surface area contributed by atoms with Gasteiger partial charge in [0.2, 0.25) is 0 Å². The quantitative estimate of drug-likeness (QED) is 0.640. The maximum absolute atomic E-state index is 8.93. The van der Waals surface area contributed by atoms with Gasteiger partial charge in [0.15, 0.2) is 0 Å². The first-order chi connectivity index (χ1) is 5.27. The van der Waals surface area contributed by atoms with E-state index in [9.17, 15) is 0 Å². The van der Waals surface area contributed by atoms with Crippen molar-refractivity contribution in [3.05, 3.63) is 0 Å². The Bertz CT molecular complexity index is 116. The van der Waals surface area contributed by atoms with Crippen LogP contribution in [-0.2, 0) is 0 Å². The van der Waals surface area contributed by atoms with E-state index in [0.717, 1.165) is 6.54 Å². The molecule has 11 heavy (non-hydrogen) atoms. The van der Waals surface area contributed by atoms with Gasteiger partial charge in [-0.1, -0.05) is 13.8 Å². The Balaban J connectivity index is 2.29. The van der Waals surface area contributed by atoms with Crippen LogP contribution in [-0.4, -0.2) is 24.3 Å². The molecule has 0 aromatic heterocycles. The van der Waals surface area contributed by atoms with E-state index in [1.54, 1.807) is 0 Å². The van der Waals surface area contributed by atoms with Crippen LogP contribution in [0.1, 0.15) is 26.7 Å². The highest BCUT2D eigenvalue weighted by Crippen LogP contribution is 2.23. The topological polar surface area (TPSA) is 32.3 Å². The largest absolute Gasteiger partial charge is 0.396 e. The Labute approximate surface area is 69.0 Å². The third kappa shape index (κ3) is 2.17. The van der Waals surface area contributed by atoms with E-state index in [2.05, 4.69) is 19.2 Å². The fourth-order valence-corrected chi connectivity index (χ4v) is 1.74. The number of nitrogens with one attached hydrogen (secondary N) is 1. The Morgan fingerprint density at radius 1 is 1.64 bits per heavy atom. The summed E-state index contributed by atoms with van der Waals surface area (Å²) >= 11 is 0. The van der Waals surface area contributed by atoms with E-state index in [1.807, 2.05) is 0 Å². The highest BCUT2D eigenvalue weighted by molar-refractivity contribution is 4.82. The smallest absolute Gasteiger partial charge is 0.0459 e. The molecular formula is C9H19NO. The molecule has 0 bridgehead atoms. The summed E-state index contributed by atoms with van der Waals surface area (Å²) in [7, 11) is 0. The van der Waals surface area contributed by atoms with Crippen molar-refractivity contribution < 1.29 is 5.11 Å². The highest BCUT2D eigenvalue weighted by atomic mass is 16.3. The van der Waals surface area contributed by atoms with E-state index in [0.29, 0.717) is 24.5 Å². The van der Waals surface area contributed by atoms with Gasteiger partial charge in [-0.2, -0.15) is 0 Å². The van der Waals surface area contributed by atoms with Crippen LogP contribution in [0.25, 0.3) is 0 Å². The average molecular weight is 157 g/mol. The van der Waals surface area contributed by atoms with Crippen LogP contribution >= 0.6 is 0 Å². The van der Waals surface area contributed by atoms with Crippen LogP contribution in [0.3, 0.4) is 0 Å². The molecule has 66 valence electrons. The average Bonchev–Trinajstić information content (AvgIpc) is 2.50. The summed E-state index contributed by atoms with van der Waals surface area (Å²) in [4.78, 5) is 0. The molecule has 3 atom stereocenters. The molecule has 0 saturated carbocycles. The molecule has 3 unspecified atom stereocenters. The molecule has 2 heteroatoms. The first-order valence-corrected chi connectivity index (χ1v) is 4.62. The summed E-state index contributed by atoms with van der Waals surface area (Å²) in [6.45, 7) is 5.77. The number of hydrogen-bond acceptors (Lipinski definition) is 2. The molecule has 2 N–H and O–H groups in total. The molecule has 1 saturated heterocycles. The standard InChI is InChI=1S/C9H19NO/c1-3-9-4-8(5-10-9)7(2)6-11/h7-11H,3-6H2,1-2H3. The number of rotatable bonds is 3. The van der Waals surface area contributed by atoms with Crippen molar-refractivity contribution >= 4 is 0 Å². The van der Waals surface area contributed by atoms with Crippen molar-refractivity contribution in [1.82, 2.24) is 5.32 Å². The lowest BCUT2D eigenvalue weighted by Crippen LogP contribution is -2.20. The van der Waals surface area contributed by atoms with Crippen molar-refractivity contribution in [2.75, 3.05) is 13.2 Å². The van der Waals surface area contributed by atoms with Crippen LogP contribution in [0, 0.1) is 11.8 Å². The zero-order valence-corrected chi connectivity index (χ0v) is 7.51. The van der Waals surface area contributed by atoms with Crippen molar-refractivity contribution in [3.8, 4) is 0 Å². The molecule has 0 radical (unpaired) electrons. The predicted octanol–water partition coefficient (Wildman–Crippen LogP) is 1.00. The second-order valence-corrected chi connectivity index (χ2v) is 3.67. The summed E-state index contributed by atoms with van der Waals surface area (Å²) in [5.41, 5.74) is 0. The van der Waals surface area contributed by atoms with E-state index < -0.39 is 0 Å². The van der Waals surface area contributed by atoms with Gasteiger partial charge < -0.3 is 10.4 Å². The van der Waals surface area contributed by atoms with Gasteiger partial charge in [0, 0.05) is 12.6 Å². The zero-order valence-electron chi connectivity index (χ0n) is 7.51. The van der Waals surface area contributed by atoms with Crippen molar-refractivity contribution in [3.63, 3.8) is 0 Å². The molecular weight excluding hydrogens is 138 g/mol. The van der Waals surface area contributed by atoms with Crippen LogP contribution < -0.4 is 5.32 Å². The first kappa shape index (κ1) is 9.01. The van der Waals surface area contributed by atoms with Gasteiger partial charge >= 0.3 is 0 Å². The summed E-state index contributed by atoms with van der Waals surface area (Å²) in [5, 5.41) is 12.4. The Morgan fingerprint density at radius 3 is 2.82 bits per heavy atom. The number of aliphatic hydroxyl groups excluding tert-OH is 1. The van der Waals surface area contributed by atoms with Crippen LogP contribution in [0.2, 0.25) is 0 Å². The maximum Gasteiger partial charge on any atom is 0.0459 e. The molecule has 0 aromatic carbocycles. The zero-order chi connectivity index (χ0) is 8.27. The lowest BCUT2D eigenvalue weighted by Gasteiger charge is -2.14. The fraction of sp³-hybridized carbons (Fsp3) is 1.00. The second-order valence-electron chi connectivity index (χ2n) is 3.67. The third-order valence-electron chi connectivity index (χ3n) is 2.84. The SMILES string of the molecule is CCC1CC(C(C)CO)CN1.